The van der Waals surface area contributed by atoms with Gasteiger partial charge >= 0.3 is 6.18 Å². The molecule has 14 heteroatoms. The standard InChI is InChI=1S/C31H24F4N4O6/c1-16-13-18(42-2)6-8-22(16)39-26(31(33,34)35)10-7-19(30(39)41)28(40)37-17-5-9-23(20(32)14-17)45-24-11-12-36-21-15-25(43-3)29(44-4)38-27(21)24/h5-15H,1-4H3,(H,37,40). The van der Waals surface area contributed by atoms with Gasteiger partial charge in [0.1, 0.15) is 22.5 Å². The van der Waals surface area contributed by atoms with E-state index in [1.54, 1.807) is 6.07 Å². The molecule has 0 aliphatic carbocycles. The third-order valence-corrected chi connectivity index (χ3v) is 6.69. The third kappa shape index (κ3) is 6.07. The van der Waals surface area contributed by atoms with E-state index in [2.05, 4.69) is 15.3 Å². The van der Waals surface area contributed by atoms with Crippen molar-refractivity contribution < 1.29 is 41.3 Å². The average molecular weight is 625 g/mol. The Hall–Kier alpha value is -5.66. The van der Waals surface area contributed by atoms with Gasteiger partial charge in [-0.3, -0.25) is 19.1 Å². The fraction of sp³-hybridized carbons (Fsp3) is 0.161. The molecule has 5 rings (SSSR count). The molecule has 232 valence electrons. The molecule has 1 N–H and O–H groups in total. The lowest BCUT2D eigenvalue weighted by Crippen LogP contribution is -2.33. The van der Waals surface area contributed by atoms with Gasteiger partial charge in [0.25, 0.3) is 17.3 Å². The number of aromatic nitrogens is 3. The fourth-order valence-corrected chi connectivity index (χ4v) is 4.54. The summed E-state index contributed by atoms with van der Waals surface area (Å²) >= 11 is 0. The number of anilines is 1. The number of carbonyl (C=O) groups is 1. The van der Waals surface area contributed by atoms with Gasteiger partial charge in [0, 0.05) is 30.1 Å². The van der Waals surface area contributed by atoms with Gasteiger partial charge in [0.05, 0.1) is 32.5 Å². The number of benzene rings is 2. The monoisotopic (exact) mass is 624 g/mol. The topological polar surface area (TPSA) is 114 Å². The zero-order valence-electron chi connectivity index (χ0n) is 24.2. The second-order valence-electron chi connectivity index (χ2n) is 9.50. The first-order valence-corrected chi connectivity index (χ1v) is 13.1. The molecule has 0 radical (unpaired) electrons. The summed E-state index contributed by atoms with van der Waals surface area (Å²) < 4.78 is 78.6. The minimum atomic E-state index is -4.91. The molecule has 45 heavy (non-hydrogen) atoms. The molecule has 0 bridgehead atoms. The Labute approximate surface area is 252 Å². The van der Waals surface area contributed by atoms with Crippen molar-refractivity contribution in [2.45, 2.75) is 13.1 Å². The minimum absolute atomic E-state index is 0.0829. The van der Waals surface area contributed by atoms with Crippen molar-refractivity contribution in [2.24, 2.45) is 0 Å². The smallest absolute Gasteiger partial charge is 0.431 e. The van der Waals surface area contributed by atoms with E-state index in [1.807, 2.05) is 0 Å². The largest absolute Gasteiger partial charge is 0.497 e. The first-order valence-electron chi connectivity index (χ1n) is 13.1. The number of ether oxygens (including phenoxy) is 4. The number of aryl methyl sites for hydroxylation is 1. The van der Waals surface area contributed by atoms with Crippen LogP contribution in [0.5, 0.6) is 28.9 Å². The number of halogens is 4. The molecule has 0 fully saturated rings. The molecule has 0 saturated carbocycles. The molecule has 0 unspecified atom stereocenters. The Morgan fingerprint density at radius 1 is 0.889 bits per heavy atom. The molecule has 5 aromatic rings. The molecule has 2 aromatic carbocycles. The van der Waals surface area contributed by atoms with Crippen molar-refractivity contribution in [3.8, 4) is 34.6 Å². The van der Waals surface area contributed by atoms with Crippen molar-refractivity contribution in [2.75, 3.05) is 26.6 Å². The molecule has 1 amide bonds. The van der Waals surface area contributed by atoms with Crippen LogP contribution < -0.4 is 29.8 Å². The highest BCUT2D eigenvalue weighted by molar-refractivity contribution is 6.04. The first-order chi connectivity index (χ1) is 21.4. The highest BCUT2D eigenvalue weighted by Crippen LogP contribution is 2.35. The molecular formula is C31H24F4N4O6. The number of fused-ring (bicyclic) bond motifs is 1. The van der Waals surface area contributed by atoms with Gasteiger partial charge in [0.15, 0.2) is 23.1 Å². The third-order valence-electron chi connectivity index (χ3n) is 6.69. The van der Waals surface area contributed by atoms with Gasteiger partial charge in [-0.15, -0.1) is 0 Å². The summed E-state index contributed by atoms with van der Waals surface area (Å²) in [6, 6.07) is 12.1. The number of methoxy groups -OCH3 is 3. The summed E-state index contributed by atoms with van der Waals surface area (Å²) in [4.78, 5) is 35.0. The van der Waals surface area contributed by atoms with Crippen molar-refractivity contribution >= 4 is 22.6 Å². The van der Waals surface area contributed by atoms with Crippen LogP contribution in [0.2, 0.25) is 0 Å². The molecule has 0 spiro atoms. The summed E-state index contributed by atoms with van der Waals surface area (Å²) in [5.41, 5.74) is -2.33. The van der Waals surface area contributed by atoms with Crippen molar-refractivity contribution in [3.63, 3.8) is 0 Å². The van der Waals surface area contributed by atoms with E-state index in [4.69, 9.17) is 18.9 Å². The Bertz CT molecular complexity index is 1990. The molecule has 0 aliphatic rings. The zero-order chi connectivity index (χ0) is 32.5. The highest BCUT2D eigenvalue weighted by Gasteiger charge is 2.36. The average Bonchev–Trinajstić information content (AvgIpc) is 3.01. The second-order valence-corrected chi connectivity index (χ2v) is 9.50. The maximum absolute atomic E-state index is 15.1. The number of rotatable bonds is 8. The van der Waals surface area contributed by atoms with Crippen LogP contribution in [0.1, 0.15) is 21.6 Å². The lowest BCUT2D eigenvalue weighted by atomic mass is 10.1. The van der Waals surface area contributed by atoms with Gasteiger partial charge in [0.2, 0.25) is 0 Å². The van der Waals surface area contributed by atoms with Crippen LogP contribution in [0.3, 0.4) is 0 Å². The normalized spacial score (nSPS) is 11.3. The van der Waals surface area contributed by atoms with Crippen LogP contribution in [0, 0.1) is 12.7 Å². The Kier molecular flexibility index (Phi) is 8.31. The lowest BCUT2D eigenvalue weighted by molar-refractivity contribution is -0.142. The van der Waals surface area contributed by atoms with Gasteiger partial charge in [-0.1, -0.05) is 0 Å². The maximum atomic E-state index is 15.1. The van der Waals surface area contributed by atoms with E-state index in [0.717, 1.165) is 12.1 Å². The molecule has 0 saturated heterocycles. The van der Waals surface area contributed by atoms with Crippen LogP contribution in [0.15, 0.2) is 71.7 Å². The van der Waals surface area contributed by atoms with Crippen LogP contribution >= 0.6 is 0 Å². The number of hydrogen-bond donors (Lipinski definition) is 1. The number of nitrogens with one attached hydrogen (secondary N) is 1. The van der Waals surface area contributed by atoms with Crippen LogP contribution in [0.25, 0.3) is 16.7 Å². The SMILES string of the molecule is COc1ccc(-n2c(C(F)(F)F)ccc(C(=O)Nc3ccc(Oc4ccnc5cc(OC)c(OC)nc45)c(F)c3)c2=O)c(C)c1. The van der Waals surface area contributed by atoms with Crippen LogP contribution in [-0.4, -0.2) is 41.8 Å². The number of amides is 1. The van der Waals surface area contributed by atoms with E-state index in [0.29, 0.717) is 33.2 Å². The zero-order valence-corrected chi connectivity index (χ0v) is 24.2. The van der Waals surface area contributed by atoms with Gasteiger partial charge in [-0.05, 0) is 55.0 Å². The Morgan fingerprint density at radius 3 is 2.31 bits per heavy atom. The van der Waals surface area contributed by atoms with Crippen LogP contribution in [0.4, 0.5) is 23.2 Å². The molecule has 0 aliphatic heterocycles. The summed E-state index contributed by atoms with van der Waals surface area (Å²) in [5.74, 6) is -1.16. The summed E-state index contributed by atoms with van der Waals surface area (Å²) in [5, 5.41) is 2.36. The van der Waals surface area contributed by atoms with E-state index in [1.165, 1.54) is 70.8 Å². The Balaban J connectivity index is 1.45. The summed E-state index contributed by atoms with van der Waals surface area (Å²) in [7, 11) is 4.23. The summed E-state index contributed by atoms with van der Waals surface area (Å²) in [6.07, 6.45) is -3.48. The molecule has 0 atom stereocenters. The molecule has 3 heterocycles. The number of hydrogen-bond acceptors (Lipinski definition) is 8. The second kappa shape index (κ2) is 12.1. The fourth-order valence-electron chi connectivity index (χ4n) is 4.54. The quantitative estimate of drug-likeness (QED) is 0.200. The van der Waals surface area contributed by atoms with Crippen molar-refractivity contribution in [3.05, 3.63) is 99.9 Å². The van der Waals surface area contributed by atoms with Gasteiger partial charge in [-0.2, -0.15) is 13.2 Å². The molecular weight excluding hydrogens is 600 g/mol. The lowest BCUT2D eigenvalue weighted by Gasteiger charge is -2.18. The molecule has 10 nitrogen and oxygen atoms in total. The van der Waals surface area contributed by atoms with Gasteiger partial charge < -0.3 is 24.3 Å². The van der Waals surface area contributed by atoms with Gasteiger partial charge in [-0.25, -0.2) is 9.37 Å². The number of pyridine rings is 3. The van der Waals surface area contributed by atoms with Crippen molar-refractivity contribution in [1.82, 2.24) is 14.5 Å². The predicted octanol–water partition coefficient (Wildman–Crippen LogP) is 6.32. The first kappa shape index (κ1) is 30.8. The Morgan fingerprint density at radius 2 is 1.67 bits per heavy atom. The highest BCUT2D eigenvalue weighted by atomic mass is 19.4. The van der Waals surface area contributed by atoms with E-state index >= 15 is 4.39 Å². The minimum Gasteiger partial charge on any atom is -0.497 e. The van der Waals surface area contributed by atoms with Crippen molar-refractivity contribution in [1.29, 1.82) is 0 Å². The van der Waals surface area contributed by atoms with E-state index in [9.17, 15) is 22.8 Å². The van der Waals surface area contributed by atoms with Crippen LogP contribution in [-0.2, 0) is 6.18 Å². The number of nitrogens with zero attached hydrogens (tertiary/aromatic N) is 3. The number of alkyl halides is 3. The molecule has 3 aromatic heterocycles. The van der Waals surface area contributed by atoms with E-state index < -0.39 is 34.7 Å². The maximum Gasteiger partial charge on any atom is 0.431 e. The summed E-state index contributed by atoms with van der Waals surface area (Å²) in [6.45, 7) is 1.50. The van der Waals surface area contributed by atoms with E-state index in [-0.39, 0.29) is 34.3 Å². The predicted molar refractivity (Wildman–Crippen MR) is 155 cm³/mol. The number of carbonyl (C=O) groups excluding carboxylic acids is 1.